The standard InChI is InChI=1S/C20H18N6O/c27-20(16-13-18-21-9-4-12-26(18)24-16)23-15-6-7-17(25-10-1-2-11-25)19-14(15)5-3-8-22-19/h3-9,12-13H,1-2,10-11H2,(H,23,27). The molecule has 0 radical (unpaired) electrons. The highest BCUT2D eigenvalue weighted by molar-refractivity contribution is 6.10. The monoisotopic (exact) mass is 358 g/mol. The number of hydrogen-bond acceptors (Lipinski definition) is 5. The van der Waals surface area contributed by atoms with Crippen LogP contribution in [0.1, 0.15) is 23.3 Å². The quantitative estimate of drug-likeness (QED) is 0.609. The summed E-state index contributed by atoms with van der Waals surface area (Å²) in [5.74, 6) is -0.264. The van der Waals surface area contributed by atoms with E-state index in [0.29, 0.717) is 11.3 Å². The van der Waals surface area contributed by atoms with Gasteiger partial charge in [0.15, 0.2) is 11.3 Å². The minimum atomic E-state index is -0.264. The lowest BCUT2D eigenvalue weighted by atomic mass is 10.1. The van der Waals surface area contributed by atoms with Gasteiger partial charge in [-0.15, -0.1) is 0 Å². The van der Waals surface area contributed by atoms with Crippen molar-refractivity contribution in [3.05, 3.63) is 60.7 Å². The van der Waals surface area contributed by atoms with Crippen LogP contribution in [0.3, 0.4) is 0 Å². The molecule has 5 rings (SSSR count). The second-order valence-electron chi connectivity index (χ2n) is 6.63. The van der Waals surface area contributed by atoms with Crippen molar-refractivity contribution < 1.29 is 4.79 Å². The molecule has 7 nitrogen and oxygen atoms in total. The fourth-order valence-electron chi connectivity index (χ4n) is 3.61. The number of fused-ring (bicyclic) bond motifs is 2. The third kappa shape index (κ3) is 2.77. The van der Waals surface area contributed by atoms with E-state index in [1.807, 2.05) is 24.3 Å². The highest BCUT2D eigenvalue weighted by atomic mass is 16.1. The van der Waals surface area contributed by atoms with Gasteiger partial charge in [0.25, 0.3) is 5.91 Å². The van der Waals surface area contributed by atoms with E-state index >= 15 is 0 Å². The van der Waals surface area contributed by atoms with Gasteiger partial charge < -0.3 is 10.2 Å². The van der Waals surface area contributed by atoms with Gasteiger partial charge >= 0.3 is 0 Å². The number of benzene rings is 1. The molecule has 1 aliphatic rings. The van der Waals surface area contributed by atoms with E-state index in [-0.39, 0.29) is 5.91 Å². The summed E-state index contributed by atoms with van der Waals surface area (Å²) in [6.45, 7) is 2.09. The molecule has 27 heavy (non-hydrogen) atoms. The Morgan fingerprint density at radius 3 is 2.74 bits per heavy atom. The number of aromatic nitrogens is 4. The largest absolute Gasteiger partial charge is 0.370 e. The minimum Gasteiger partial charge on any atom is -0.370 e. The lowest BCUT2D eigenvalue weighted by Gasteiger charge is -2.20. The Kier molecular flexibility index (Phi) is 3.71. The minimum absolute atomic E-state index is 0.264. The van der Waals surface area contributed by atoms with Crippen molar-refractivity contribution in [1.82, 2.24) is 19.6 Å². The molecular weight excluding hydrogens is 340 g/mol. The lowest BCUT2D eigenvalue weighted by Crippen LogP contribution is -2.19. The van der Waals surface area contributed by atoms with E-state index in [4.69, 9.17) is 0 Å². The third-order valence-electron chi connectivity index (χ3n) is 4.91. The molecule has 3 aromatic heterocycles. The van der Waals surface area contributed by atoms with Gasteiger partial charge in [0.2, 0.25) is 0 Å². The first-order valence-electron chi connectivity index (χ1n) is 9.04. The maximum Gasteiger partial charge on any atom is 0.276 e. The van der Waals surface area contributed by atoms with E-state index in [0.717, 1.165) is 35.4 Å². The summed E-state index contributed by atoms with van der Waals surface area (Å²) in [6.07, 6.45) is 7.64. The first-order valence-corrected chi connectivity index (χ1v) is 9.04. The molecule has 1 saturated heterocycles. The van der Waals surface area contributed by atoms with Crippen molar-refractivity contribution in [2.75, 3.05) is 23.3 Å². The molecule has 0 unspecified atom stereocenters. The Balaban J connectivity index is 1.51. The predicted molar refractivity (Wildman–Crippen MR) is 104 cm³/mol. The molecule has 0 bridgehead atoms. The average Bonchev–Trinajstić information content (AvgIpc) is 3.38. The van der Waals surface area contributed by atoms with E-state index in [9.17, 15) is 4.79 Å². The van der Waals surface area contributed by atoms with E-state index < -0.39 is 0 Å². The second-order valence-corrected chi connectivity index (χ2v) is 6.63. The highest BCUT2D eigenvalue weighted by Gasteiger charge is 2.18. The molecular formula is C20H18N6O. The van der Waals surface area contributed by atoms with Crippen LogP contribution in [0.2, 0.25) is 0 Å². The Hall–Kier alpha value is -3.48. The van der Waals surface area contributed by atoms with Crippen LogP contribution in [-0.4, -0.2) is 38.6 Å². The number of nitrogens with zero attached hydrogens (tertiary/aromatic N) is 5. The number of carbonyl (C=O) groups excluding carboxylic acids is 1. The van der Waals surface area contributed by atoms with Gasteiger partial charge in [-0.1, -0.05) is 0 Å². The van der Waals surface area contributed by atoms with Crippen molar-refractivity contribution >= 4 is 33.8 Å². The summed E-state index contributed by atoms with van der Waals surface area (Å²) in [6, 6.07) is 11.3. The van der Waals surface area contributed by atoms with Crippen LogP contribution in [0.15, 0.2) is 55.0 Å². The summed E-state index contributed by atoms with van der Waals surface area (Å²) in [5, 5.41) is 8.19. The Morgan fingerprint density at radius 2 is 1.89 bits per heavy atom. The number of pyridine rings is 1. The molecule has 1 aromatic carbocycles. The summed E-state index contributed by atoms with van der Waals surface area (Å²) >= 11 is 0. The molecule has 0 saturated carbocycles. The van der Waals surface area contributed by atoms with Gasteiger partial charge in [-0.2, -0.15) is 5.10 Å². The third-order valence-corrected chi connectivity index (χ3v) is 4.91. The number of rotatable bonds is 3. The fraction of sp³-hybridized carbons (Fsp3) is 0.200. The van der Waals surface area contributed by atoms with E-state index in [2.05, 4.69) is 25.3 Å². The molecule has 134 valence electrons. The molecule has 1 aliphatic heterocycles. The van der Waals surface area contributed by atoms with Crippen molar-refractivity contribution in [2.24, 2.45) is 0 Å². The lowest BCUT2D eigenvalue weighted by molar-refractivity contribution is 0.102. The normalized spacial score (nSPS) is 14.1. The number of anilines is 2. The number of amides is 1. The van der Waals surface area contributed by atoms with Crippen LogP contribution >= 0.6 is 0 Å². The zero-order chi connectivity index (χ0) is 18.2. The van der Waals surface area contributed by atoms with Crippen LogP contribution in [0.25, 0.3) is 16.6 Å². The van der Waals surface area contributed by atoms with E-state index in [1.165, 1.54) is 12.8 Å². The van der Waals surface area contributed by atoms with Crippen molar-refractivity contribution in [3.8, 4) is 0 Å². The number of nitrogens with one attached hydrogen (secondary N) is 1. The molecule has 7 heteroatoms. The van der Waals surface area contributed by atoms with E-state index in [1.54, 1.807) is 35.2 Å². The smallest absolute Gasteiger partial charge is 0.276 e. The van der Waals surface area contributed by atoms with Crippen molar-refractivity contribution in [3.63, 3.8) is 0 Å². The number of hydrogen-bond donors (Lipinski definition) is 1. The Labute approximate surface area is 155 Å². The second kappa shape index (κ2) is 6.35. The zero-order valence-corrected chi connectivity index (χ0v) is 14.7. The summed E-state index contributed by atoms with van der Waals surface area (Å²) in [5.41, 5.74) is 3.73. The Bertz CT molecular complexity index is 1110. The predicted octanol–water partition coefficient (Wildman–Crippen LogP) is 3.13. The molecule has 0 aliphatic carbocycles. The zero-order valence-electron chi connectivity index (χ0n) is 14.7. The Morgan fingerprint density at radius 1 is 1.04 bits per heavy atom. The van der Waals surface area contributed by atoms with Crippen LogP contribution in [0, 0.1) is 0 Å². The fourth-order valence-corrected chi connectivity index (χ4v) is 3.61. The van der Waals surface area contributed by atoms with Gasteiger partial charge in [0.1, 0.15) is 0 Å². The molecule has 1 N–H and O–H groups in total. The maximum atomic E-state index is 12.7. The van der Waals surface area contributed by atoms with Gasteiger partial charge in [-0.05, 0) is 43.2 Å². The van der Waals surface area contributed by atoms with Crippen LogP contribution in [0.5, 0.6) is 0 Å². The number of carbonyl (C=O) groups is 1. The van der Waals surface area contributed by atoms with Gasteiger partial charge in [-0.3, -0.25) is 9.78 Å². The first kappa shape index (κ1) is 15.7. The molecule has 1 amide bonds. The van der Waals surface area contributed by atoms with Crippen LogP contribution in [-0.2, 0) is 0 Å². The van der Waals surface area contributed by atoms with Gasteiger partial charge in [0.05, 0.1) is 16.9 Å². The molecule has 0 atom stereocenters. The molecule has 4 aromatic rings. The van der Waals surface area contributed by atoms with Crippen molar-refractivity contribution in [1.29, 1.82) is 0 Å². The van der Waals surface area contributed by atoms with Gasteiger partial charge in [0, 0.05) is 43.1 Å². The molecule has 4 heterocycles. The molecule has 1 fully saturated rings. The maximum absolute atomic E-state index is 12.7. The summed E-state index contributed by atoms with van der Waals surface area (Å²) < 4.78 is 1.59. The SMILES string of the molecule is O=C(Nc1ccc(N2CCCC2)c2ncccc12)c1cc2ncccn2n1. The first-order chi connectivity index (χ1) is 13.3. The summed E-state index contributed by atoms with van der Waals surface area (Å²) in [4.78, 5) is 23.9. The van der Waals surface area contributed by atoms with Crippen LogP contribution in [0.4, 0.5) is 11.4 Å². The average molecular weight is 358 g/mol. The topological polar surface area (TPSA) is 75.4 Å². The van der Waals surface area contributed by atoms with Gasteiger partial charge in [-0.25, -0.2) is 9.50 Å². The van der Waals surface area contributed by atoms with Crippen molar-refractivity contribution in [2.45, 2.75) is 12.8 Å². The highest BCUT2D eigenvalue weighted by Crippen LogP contribution is 2.32. The molecule has 0 spiro atoms. The summed E-state index contributed by atoms with van der Waals surface area (Å²) in [7, 11) is 0. The van der Waals surface area contributed by atoms with Crippen LogP contribution < -0.4 is 10.2 Å².